The lowest BCUT2D eigenvalue weighted by Crippen LogP contribution is -2.48. The summed E-state index contributed by atoms with van der Waals surface area (Å²) < 4.78 is 16.0. The molecule has 1 aromatic heterocycles. The number of amides is 1. The fourth-order valence-electron chi connectivity index (χ4n) is 3.30. The largest absolute Gasteiger partial charge is 0.493 e. The molecule has 0 saturated carbocycles. The lowest BCUT2D eigenvalue weighted by molar-refractivity contribution is 0.0744. The summed E-state index contributed by atoms with van der Waals surface area (Å²) in [5.74, 6) is 1.65. The Balaban J connectivity index is 1.41. The minimum atomic E-state index is -0.0406. The fourth-order valence-corrected chi connectivity index (χ4v) is 3.30. The number of ether oxygens (including phenoxy) is 2. The summed E-state index contributed by atoms with van der Waals surface area (Å²) in [6, 6.07) is 15.4. The van der Waals surface area contributed by atoms with Crippen molar-refractivity contribution in [2.45, 2.75) is 0 Å². The Morgan fingerprint density at radius 3 is 2.38 bits per heavy atom. The summed E-state index contributed by atoms with van der Waals surface area (Å²) in [4.78, 5) is 21.2. The molecule has 1 fully saturated rings. The quantitative estimate of drug-likeness (QED) is 0.658. The van der Waals surface area contributed by atoms with Gasteiger partial charge in [0.25, 0.3) is 5.91 Å². The van der Waals surface area contributed by atoms with Crippen molar-refractivity contribution in [3.8, 4) is 22.9 Å². The van der Waals surface area contributed by atoms with Gasteiger partial charge in [0.05, 0.1) is 14.2 Å². The first-order chi connectivity index (χ1) is 14.2. The summed E-state index contributed by atoms with van der Waals surface area (Å²) in [6.45, 7) is 2.37. The lowest BCUT2D eigenvalue weighted by Gasteiger charge is -2.33. The highest BCUT2D eigenvalue weighted by atomic mass is 16.5. The fraction of sp³-hybridized carbons (Fsp3) is 0.286. The molecule has 0 N–H and O–H groups in total. The maximum absolute atomic E-state index is 12.9. The van der Waals surface area contributed by atoms with Gasteiger partial charge in [-0.1, -0.05) is 35.5 Å². The standard InChI is InChI=1S/C21H22N4O4/c1-27-17-9-8-16(14-18(17)28-2)20(26)24-10-12-25(13-11-24)21-22-19(23-29-21)15-6-4-3-5-7-15/h3-9,14H,10-13H2,1-2H3. The molecule has 29 heavy (non-hydrogen) atoms. The second-order valence-electron chi connectivity index (χ2n) is 6.62. The zero-order valence-electron chi connectivity index (χ0n) is 16.4. The van der Waals surface area contributed by atoms with Gasteiger partial charge in [-0.25, -0.2) is 0 Å². The molecular formula is C21H22N4O4. The Labute approximate surface area is 168 Å². The predicted molar refractivity (Wildman–Crippen MR) is 107 cm³/mol. The lowest BCUT2D eigenvalue weighted by atomic mass is 10.1. The van der Waals surface area contributed by atoms with Crippen molar-refractivity contribution in [3.63, 3.8) is 0 Å². The number of hydrogen-bond donors (Lipinski definition) is 0. The number of carbonyl (C=O) groups is 1. The van der Waals surface area contributed by atoms with E-state index in [-0.39, 0.29) is 5.91 Å². The van der Waals surface area contributed by atoms with Crippen LogP contribution in [0.3, 0.4) is 0 Å². The molecule has 1 aliphatic rings. The van der Waals surface area contributed by atoms with E-state index in [1.54, 1.807) is 32.4 Å². The second kappa shape index (κ2) is 8.22. The van der Waals surface area contributed by atoms with Crippen LogP contribution in [0, 0.1) is 0 Å². The van der Waals surface area contributed by atoms with Crippen molar-refractivity contribution < 1.29 is 18.8 Å². The molecule has 0 aliphatic carbocycles. The molecule has 8 nitrogen and oxygen atoms in total. The van der Waals surface area contributed by atoms with Crippen molar-refractivity contribution >= 4 is 11.9 Å². The third-order valence-electron chi connectivity index (χ3n) is 4.92. The van der Waals surface area contributed by atoms with Crippen LogP contribution < -0.4 is 14.4 Å². The predicted octanol–water partition coefficient (Wildman–Crippen LogP) is 2.72. The first kappa shape index (κ1) is 18.8. The maximum Gasteiger partial charge on any atom is 0.324 e. The van der Waals surface area contributed by atoms with Gasteiger partial charge in [-0.2, -0.15) is 4.98 Å². The SMILES string of the molecule is COc1ccc(C(=O)N2CCN(c3nc(-c4ccccc4)no3)CC2)cc1OC. The number of hydrogen-bond acceptors (Lipinski definition) is 7. The third-order valence-corrected chi connectivity index (χ3v) is 4.92. The molecule has 0 bridgehead atoms. The van der Waals surface area contributed by atoms with Crippen LogP contribution in [-0.4, -0.2) is 61.3 Å². The highest BCUT2D eigenvalue weighted by Gasteiger charge is 2.26. The maximum atomic E-state index is 12.9. The number of rotatable bonds is 5. The number of carbonyl (C=O) groups excluding carboxylic acids is 1. The number of aromatic nitrogens is 2. The number of nitrogens with zero attached hydrogens (tertiary/aromatic N) is 4. The molecule has 1 aliphatic heterocycles. The van der Waals surface area contributed by atoms with Gasteiger partial charge in [-0.3, -0.25) is 4.79 Å². The number of anilines is 1. The Morgan fingerprint density at radius 1 is 0.966 bits per heavy atom. The van der Waals surface area contributed by atoms with Crippen molar-refractivity contribution in [3.05, 3.63) is 54.1 Å². The van der Waals surface area contributed by atoms with Gasteiger partial charge in [0.1, 0.15) is 0 Å². The van der Waals surface area contributed by atoms with E-state index in [9.17, 15) is 4.79 Å². The van der Waals surface area contributed by atoms with E-state index >= 15 is 0 Å². The average Bonchev–Trinajstić information content (AvgIpc) is 3.29. The van der Waals surface area contributed by atoms with Crippen LogP contribution in [0.5, 0.6) is 11.5 Å². The van der Waals surface area contributed by atoms with Crippen LogP contribution >= 0.6 is 0 Å². The molecule has 0 radical (unpaired) electrons. The smallest absolute Gasteiger partial charge is 0.324 e. The molecule has 0 unspecified atom stereocenters. The summed E-state index contributed by atoms with van der Waals surface area (Å²) in [6.07, 6.45) is 0. The second-order valence-corrected chi connectivity index (χ2v) is 6.62. The molecule has 150 valence electrons. The van der Waals surface area contributed by atoms with E-state index in [0.29, 0.717) is 55.1 Å². The van der Waals surface area contributed by atoms with Crippen LogP contribution in [0.1, 0.15) is 10.4 Å². The minimum absolute atomic E-state index is 0.0406. The van der Waals surface area contributed by atoms with Crippen molar-refractivity contribution in [1.82, 2.24) is 15.0 Å². The highest BCUT2D eigenvalue weighted by Crippen LogP contribution is 2.28. The molecule has 4 rings (SSSR count). The van der Waals surface area contributed by atoms with E-state index in [2.05, 4.69) is 10.1 Å². The Bertz CT molecular complexity index is 981. The molecule has 2 aromatic carbocycles. The third kappa shape index (κ3) is 3.87. The van der Waals surface area contributed by atoms with Crippen LogP contribution in [-0.2, 0) is 0 Å². The molecule has 0 atom stereocenters. The van der Waals surface area contributed by atoms with Gasteiger partial charge >= 0.3 is 6.01 Å². The minimum Gasteiger partial charge on any atom is -0.493 e. The summed E-state index contributed by atoms with van der Waals surface area (Å²) in [5, 5.41) is 4.06. The zero-order chi connectivity index (χ0) is 20.2. The summed E-state index contributed by atoms with van der Waals surface area (Å²) >= 11 is 0. The van der Waals surface area contributed by atoms with E-state index in [1.807, 2.05) is 40.1 Å². The van der Waals surface area contributed by atoms with Gasteiger partial charge in [-0.15, -0.1) is 0 Å². The van der Waals surface area contributed by atoms with Gasteiger partial charge in [0.2, 0.25) is 5.82 Å². The number of piperazine rings is 1. The molecule has 3 aromatic rings. The Hall–Kier alpha value is -3.55. The van der Waals surface area contributed by atoms with Gasteiger partial charge in [0.15, 0.2) is 11.5 Å². The number of methoxy groups -OCH3 is 2. The van der Waals surface area contributed by atoms with Crippen LogP contribution in [0.15, 0.2) is 53.1 Å². The summed E-state index contributed by atoms with van der Waals surface area (Å²) in [5.41, 5.74) is 1.48. The van der Waals surface area contributed by atoms with E-state index in [4.69, 9.17) is 14.0 Å². The molecule has 1 amide bonds. The monoisotopic (exact) mass is 394 g/mol. The van der Waals surface area contributed by atoms with Crippen molar-refractivity contribution in [2.75, 3.05) is 45.3 Å². The van der Waals surface area contributed by atoms with Gasteiger partial charge < -0.3 is 23.8 Å². The normalized spacial score (nSPS) is 14.0. The van der Waals surface area contributed by atoms with Gasteiger partial charge in [-0.05, 0) is 18.2 Å². The zero-order valence-corrected chi connectivity index (χ0v) is 16.4. The average molecular weight is 394 g/mol. The van der Waals surface area contributed by atoms with Crippen LogP contribution in [0.25, 0.3) is 11.4 Å². The van der Waals surface area contributed by atoms with Crippen LogP contribution in [0.2, 0.25) is 0 Å². The number of benzene rings is 2. The first-order valence-corrected chi connectivity index (χ1v) is 9.35. The molecule has 1 saturated heterocycles. The van der Waals surface area contributed by atoms with E-state index < -0.39 is 0 Å². The molecule has 0 spiro atoms. The summed E-state index contributed by atoms with van der Waals surface area (Å²) in [7, 11) is 3.12. The van der Waals surface area contributed by atoms with E-state index in [0.717, 1.165) is 5.56 Å². The first-order valence-electron chi connectivity index (χ1n) is 9.35. The molecule has 2 heterocycles. The van der Waals surface area contributed by atoms with E-state index in [1.165, 1.54) is 0 Å². The molecular weight excluding hydrogens is 372 g/mol. The van der Waals surface area contributed by atoms with Crippen molar-refractivity contribution in [1.29, 1.82) is 0 Å². The Kier molecular flexibility index (Phi) is 5.33. The topological polar surface area (TPSA) is 80.9 Å². The van der Waals surface area contributed by atoms with Crippen LogP contribution in [0.4, 0.5) is 6.01 Å². The van der Waals surface area contributed by atoms with Crippen molar-refractivity contribution in [2.24, 2.45) is 0 Å². The Morgan fingerprint density at radius 2 is 1.69 bits per heavy atom. The molecule has 8 heteroatoms. The van der Waals surface area contributed by atoms with Gasteiger partial charge in [0, 0.05) is 37.3 Å². The highest BCUT2D eigenvalue weighted by molar-refractivity contribution is 5.95.